The molecule has 0 spiro atoms. The summed E-state index contributed by atoms with van der Waals surface area (Å²) >= 11 is 0. The molecular weight excluding hydrogens is 857 g/mol. The van der Waals surface area contributed by atoms with E-state index in [-0.39, 0.29) is 6.17 Å². The van der Waals surface area contributed by atoms with Gasteiger partial charge in [0.25, 0.3) is 0 Å². The zero-order chi connectivity index (χ0) is 46.1. The Labute approximate surface area is 402 Å². The summed E-state index contributed by atoms with van der Waals surface area (Å²) < 4.78 is 13.1. The van der Waals surface area contributed by atoms with Gasteiger partial charge >= 0.3 is 0 Å². The standard InChI is InChI=1S/C64H40N4O2/c1-3-16-40(17-4-1)57-58-50-25-7-10-29-53(50)65-60(52(58)38-56-59(57)51-26-9-12-31-55(51)69-56)41-34-32-39(33-35-41)43-20-13-22-45(36-43)63-66-62(42-18-5-2-6-19-42)67-64(68-63)46-23-14-21-44(37-46)47-27-15-28-49-48-24-8-11-30-54(48)70-61(47)49/h1-38,62H,(H,66,67,68). The number of nitrogens with zero attached hydrogens (tertiary/aromatic N) is 3. The smallest absolute Gasteiger partial charge is 0.159 e. The number of hydrogen-bond donors (Lipinski definition) is 1. The van der Waals surface area contributed by atoms with Crippen molar-refractivity contribution in [2.24, 2.45) is 9.98 Å². The quantitative estimate of drug-likeness (QED) is 0.162. The van der Waals surface area contributed by atoms with Gasteiger partial charge in [-0.1, -0.05) is 194 Å². The van der Waals surface area contributed by atoms with Crippen LogP contribution in [-0.4, -0.2) is 16.7 Å². The number of furan rings is 2. The first-order chi connectivity index (χ1) is 34.7. The molecule has 1 atom stereocenters. The van der Waals surface area contributed by atoms with E-state index >= 15 is 0 Å². The molecule has 70 heavy (non-hydrogen) atoms. The fourth-order valence-electron chi connectivity index (χ4n) is 10.4. The van der Waals surface area contributed by atoms with Crippen molar-refractivity contribution in [3.05, 3.63) is 247 Å². The number of fused-ring (bicyclic) bond motifs is 9. The normalized spacial score (nSPS) is 13.9. The highest BCUT2D eigenvalue weighted by Crippen LogP contribution is 2.46. The molecule has 0 aliphatic carbocycles. The summed E-state index contributed by atoms with van der Waals surface area (Å²) in [5.41, 5.74) is 15.8. The molecule has 14 rings (SSSR count). The molecule has 1 aliphatic heterocycles. The van der Waals surface area contributed by atoms with Gasteiger partial charge in [0.05, 0.1) is 11.2 Å². The monoisotopic (exact) mass is 896 g/mol. The Kier molecular flexibility index (Phi) is 9.17. The van der Waals surface area contributed by atoms with E-state index in [4.69, 9.17) is 23.8 Å². The lowest BCUT2D eigenvalue weighted by Crippen LogP contribution is -2.33. The molecule has 6 nitrogen and oxygen atoms in total. The molecular formula is C64H40N4O2. The summed E-state index contributed by atoms with van der Waals surface area (Å²) in [6, 6.07) is 80.3. The average Bonchev–Trinajstić information content (AvgIpc) is 4.01. The van der Waals surface area contributed by atoms with Crippen LogP contribution in [0.3, 0.4) is 0 Å². The molecule has 4 heterocycles. The Morgan fingerprint density at radius 1 is 0.386 bits per heavy atom. The molecule has 0 fully saturated rings. The SMILES string of the molecule is c1ccc(-c2c3c(cc4c(-c5ccc(-c6cccc(C7=NC(c8cccc(-c9cccc%10c9oc9ccccc9%10)c8)=NC(c8ccccc8)N7)c6)cc5)nc5ccccc5c24)oc2ccccc23)cc1. The Bertz CT molecular complexity index is 4260. The number of nitrogens with one attached hydrogen (secondary N) is 1. The lowest BCUT2D eigenvalue weighted by Gasteiger charge is -2.24. The van der Waals surface area contributed by atoms with Gasteiger partial charge < -0.3 is 14.2 Å². The first-order valence-corrected chi connectivity index (χ1v) is 23.6. The lowest BCUT2D eigenvalue weighted by atomic mass is 9.89. The summed E-state index contributed by atoms with van der Waals surface area (Å²) in [6.07, 6.45) is -0.346. The maximum absolute atomic E-state index is 6.62. The molecule has 0 amide bonds. The molecule has 10 aromatic carbocycles. The van der Waals surface area contributed by atoms with Crippen molar-refractivity contribution in [3.8, 4) is 44.6 Å². The van der Waals surface area contributed by atoms with Crippen LogP contribution >= 0.6 is 0 Å². The summed E-state index contributed by atoms with van der Waals surface area (Å²) in [5.74, 6) is 1.40. The molecule has 3 aromatic heterocycles. The van der Waals surface area contributed by atoms with Gasteiger partial charge in [-0.05, 0) is 64.2 Å². The predicted octanol–water partition coefficient (Wildman–Crippen LogP) is 16.4. The second-order valence-electron chi connectivity index (χ2n) is 17.9. The molecule has 0 saturated carbocycles. The maximum atomic E-state index is 6.62. The van der Waals surface area contributed by atoms with Gasteiger partial charge in [0.2, 0.25) is 0 Å². The zero-order valence-electron chi connectivity index (χ0n) is 37.7. The first-order valence-electron chi connectivity index (χ1n) is 23.6. The second kappa shape index (κ2) is 16.1. The third kappa shape index (κ3) is 6.61. The van der Waals surface area contributed by atoms with Gasteiger partial charge in [0.15, 0.2) is 5.84 Å². The highest BCUT2D eigenvalue weighted by atomic mass is 16.3. The lowest BCUT2D eigenvalue weighted by molar-refractivity contribution is 0.669. The summed E-state index contributed by atoms with van der Waals surface area (Å²) in [6.45, 7) is 0. The van der Waals surface area contributed by atoms with E-state index < -0.39 is 0 Å². The Morgan fingerprint density at radius 3 is 1.83 bits per heavy atom. The maximum Gasteiger partial charge on any atom is 0.159 e. The van der Waals surface area contributed by atoms with Gasteiger partial charge in [-0.25, -0.2) is 15.0 Å². The van der Waals surface area contributed by atoms with Crippen LogP contribution in [0.4, 0.5) is 0 Å². The summed E-state index contributed by atoms with van der Waals surface area (Å²) in [5, 5.41) is 11.4. The fourth-order valence-corrected chi connectivity index (χ4v) is 10.4. The van der Waals surface area contributed by atoms with Crippen molar-refractivity contribution in [1.82, 2.24) is 10.3 Å². The second-order valence-corrected chi connectivity index (χ2v) is 17.9. The van der Waals surface area contributed by atoms with Gasteiger partial charge in [0.1, 0.15) is 34.3 Å². The van der Waals surface area contributed by atoms with Crippen molar-refractivity contribution >= 4 is 77.2 Å². The van der Waals surface area contributed by atoms with Crippen LogP contribution in [0.5, 0.6) is 0 Å². The van der Waals surface area contributed by atoms with Crippen LogP contribution in [0.15, 0.2) is 249 Å². The van der Waals surface area contributed by atoms with Crippen LogP contribution in [0.1, 0.15) is 22.9 Å². The van der Waals surface area contributed by atoms with Crippen molar-refractivity contribution < 1.29 is 8.83 Å². The topological polar surface area (TPSA) is 75.9 Å². The zero-order valence-corrected chi connectivity index (χ0v) is 37.7. The first kappa shape index (κ1) is 39.7. The van der Waals surface area contributed by atoms with Gasteiger partial charge in [-0.15, -0.1) is 0 Å². The molecule has 1 N–H and O–H groups in total. The van der Waals surface area contributed by atoms with Gasteiger partial charge in [0, 0.05) is 65.5 Å². The van der Waals surface area contributed by atoms with Crippen molar-refractivity contribution in [1.29, 1.82) is 0 Å². The van der Waals surface area contributed by atoms with Crippen LogP contribution in [0.25, 0.3) is 110 Å². The minimum atomic E-state index is -0.346. The molecule has 13 aromatic rings. The van der Waals surface area contributed by atoms with Crippen LogP contribution in [-0.2, 0) is 0 Å². The Balaban J connectivity index is 0.855. The van der Waals surface area contributed by atoms with Crippen molar-refractivity contribution in [3.63, 3.8) is 0 Å². The molecule has 6 heteroatoms. The number of rotatable bonds is 7. The van der Waals surface area contributed by atoms with Crippen molar-refractivity contribution in [2.75, 3.05) is 0 Å². The number of hydrogen-bond acceptors (Lipinski definition) is 6. The van der Waals surface area contributed by atoms with Crippen molar-refractivity contribution in [2.45, 2.75) is 6.17 Å². The molecule has 1 unspecified atom stereocenters. The number of aromatic nitrogens is 1. The number of para-hydroxylation sites is 4. The van der Waals surface area contributed by atoms with E-state index in [1.807, 2.05) is 36.4 Å². The minimum absolute atomic E-state index is 0.346. The summed E-state index contributed by atoms with van der Waals surface area (Å²) in [7, 11) is 0. The van der Waals surface area contributed by atoms with E-state index in [1.165, 1.54) is 0 Å². The molecule has 0 bridgehead atoms. The number of amidine groups is 2. The molecule has 0 saturated heterocycles. The van der Waals surface area contributed by atoms with E-state index in [2.05, 4.69) is 199 Å². The third-order valence-electron chi connectivity index (χ3n) is 13.7. The number of benzene rings is 10. The minimum Gasteiger partial charge on any atom is -0.456 e. The third-order valence-corrected chi connectivity index (χ3v) is 13.7. The molecule has 1 aliphatic rings. The molecule has 328 valence electrons. The van der Waals surface area contributed by atoms with Gasteiger partial charge in [-0.2, -0.15) is 0 Å². The van der Waals surface area contributed by atoms with Crippen LogP contribution in [0.2, 0.25) is 0 Å². The van der Waals surface area contributed by atoms with E-state index in [0.717, 1.165) is 133 Å². The fraction of sp³-hybridized carbons (Fsp3) is 0.0156. The van der Waals surface area contributed by atoms with Crippen LogP contribution < -0.4 is 5.32 Å². The highest BCUT2D eigenvalue weighted by molar-refractivity contribution is 6.28. The van der Waals surface area contributed by atoms with Crippen LogP contribution in [0, 0.1) is 0 Å². The number of pyridine rings is 1. The average molecular weight is 897 g/mol. The predicted molar refractivity (Wildman–Crippen MR) is 287 cm³/mol. The highest BCUT2D eigenvalue weighted by Gasteiger charge is 2.24. The summed E-state index contributed by atoms with van der Waals surface area (Å²) in [4.78, 5) is 15.8. The number of aliphatic imine (C=N–C) groups is 2. The Hall–Kier alpha value is -9.39. The van der Waals surface area contributed by atoms with E-state index in [0.29, 0.717) is 5.84 Å². The van der Waals surface area contributed by atoms with E-state index in [1.54, 1.807) is 0 Å². The van der Waals surface area contributed by atoms with Gasteiger partial charge in [-0.3, -0.25) is 0 Å². The molecule has 0 radical (unpaired) electrons. The largest absolute Gasteiger partial charge is 0.456 e. The Morgan fingerprint density at radius 2 is 1.00 bits per heavy atom. The van der Waals surface area contributed by atoms with E-state index in [9.17, 15) is 0 Å².